The van der Waals surface area contributed by atoms with E-state index in [1.807, 2.05) is 24.3 Å². The number of nitrogen functional groups attached to an aromatic ring is 1. The highest BCUT2D eigenvalue weighted by Crippen LogP contribution is 2.44. The minimum Gasteiger partial charge on any atom is -0.456 e. The van der Waals surface area contributed by atoms with Crippen molar-refractivity contribution < 1.29 is 4.42 Å². The number of nitrogens with two attached hydrogens (primary N) is 1. The average molecular weight is 501 g/mol. The zero-order valence-electron chi connectivity index (χ0n) is 21.1. The van der Waals surface area contributed by atoms with Crippen molar-refractivity contribution in [1.29, 1.82) is 0 Å². The molecule has 0 saturated carbocycles. The van der Waals surface area contributed by atoms with Gasteiger partial charge < -0.3 is 14.7 Å². The maximum atomic E-state index is 6.57. The Bertz CT molecular complexity index is 2110. The third-order valence-electron chi connectivity index (χ3n) is 7.70. The van der Waals surface area contributed by atoms with Crippen LogP contribution >= 0.6 is 0 Å². The molecule has 0 unspecified atom stereocenters. The first-order chi connectivity index (χ1) is 19.3. The molecule has 0 fully saturated rings. The third kappa shape index (κ3) is 3.30. The summed E-state index contributed by atoms with van der Waals surface area (Å²) >= 11 is 0. The predicted molar refractivity (Wildman–Crippen MR) is 163 cm³/mol. The fourth-order valence-electron chi connectivity index (χ4n) is 6.00. The molecule has 0 atom stereocenters. The van der Waals surface area contributed by atoms with E-state index in [0.717, 1.165) is 66.6 Å². The number of anilines is 1. The lowest BCUT2D eigenvalue weighted by Gasteiger charge is -2.20. The van der Waals surface area contributed by atoms with Crippen LogP contribution in [-0.2, 0) is 0 Å². The number of aromatic nitrogens is 1. The minimum atomic E-state index is 0.733. The van der Waals surface area contributed by atoms with Gasteiger partial charge in [-0.25, -0.2) is 0 Å². The number of rotatable bonds is 3. The highest BCUT2D eigenvalue weighted by Gasteiger charge is 2.22. The number of hydrogen-bond acceptors (Lipinski definition) is 2. The van der Waals surface area contributed by atoms with Gasteiger partial charge >= 0.3 is 0 Å². The fraction of sp³-hybridized carbons (Fsp3) is 0. The molecule has 2 N–H and O–H groups in total. The highest BCUT2D eigenvalue weighted by atomic mass is 16.3. The molecule has 0 spiro atoms. The summed E-state index contributed by atoms with van der Waals surface area (Å²) in [5.74, 6) is 0. The second-order valence-electron chi connectivity index (χ2n) is 10.0. The second-order valence-corrected chi connectivity index (χ2v) is 10.0. The third-order valence-corrected chi connectivity index (χ3v) is 7.70. The van der Waals surface area contributed by atoms with E-state index in [0.29, 0.717) is 0 Å². The second kappa shape index (κ2) is 8.37. The van der Waals surface area contributed by atoms with Crippen LogP contribution in [0.25, 0.3) is 71.7 Å². The van der Waals surface area contributed by atoms with E-state index in [9.17, 15) is 0 Å². The summed E-state index contributed by atoms with van der Waals surface area (Å²) in [7, 11) is 0. The van der Waals surface area contributed by atoms with Crippen LogP contribution in [0.15, 0.2) is 138 Å². The van der Waals surface area contributed by atoms with Crippen molar-refractivity contribution in [1.82, 2.24) is 4.57 Å². The van der Waals surface area contributed by atoms with E-state index >= 15 is 0 Å². The Labute approximate surface area is 225 Å². The number of nitrogens with zero attached hydrogens (tertiary/aromatic N) is 1. The van der Waals surface area contributed by atoms with Gasteiger partial charge in [-0.05, 0) is 41.5 Å². The summed E-state index contributed by atoms with van der Waals surface area (Å²) < 4.78 is 8.75. The zero-order chi connectivity index (χ0) is 25.9. The van der Waals surface area contributed by atoms with Crippen LogP contribution in [0.4, 0.5) is 5.69 Å². The maximum absolute atomic E-state index is 6.57. The standard InChI is InChI=1S/C36H24N2O/c37-25-19-28(23-11-3-1-4-12-23)36(29(20-25)24-13-5-2-6-14-24)38-32-17-9-7-15-26(32)30-21-31-27-16-8-10-18-34(27)39-35(31)22-33(30)38/h1-22H,37H2. The van der Waals surface area contributed by atoms with E-state index in [1.165, 1.54) is 10.8 Å². The van der Waals surface area contributed by atoms with Crippen molar-refractivity contribution >= 4 is 49.4 Å². The SMILES string of the molecule is Nc1cc(-c2ccccc2)c(-n2c3ccccc3c3cc4c(cc32)oc2ccccc24)c(-c2ccccc2)c1. The van der Waals surface area contributed by atoms with Gasteiger partial charge in [-0.3, -0.25) is 0 Å². The molecule has 184 valence electrons. The number of furan rings is 1. The molecular weight excluding hydrogens is 476 g/mol. The van der Waals surface area contributed by atoms with E-state index in [4.69, 9.17) is 10.2 Å². The summed E-state index contributed by atoms with van der Waals surface area (Å²) in [6, 6.07) is 46.6. The fourth-order valence-corrected chi connectivity index (χ4v) is 6.00. The van der Waals surface area contributed by atoms with Gasteiger partial charge in [-0.2, -0.15) is 0 Å². The molecule has 0 aliphatic carbocycles. The van der Waals surface area contributed by atoms with Crippen molar-refractivity contribution in [2.75, 3.05) is 5.73 Å². The van der Waals surface area contributed by atoms with E-state index in [1.54, 1.807) is 0 Å². The van der Waals surface area contributed by atoms with E-state index in [-0.39, 0.29) is 0 Å². The topological polar surface area (TPSA) is 44.1 Å². The normalized spacial score (nSPS) is 11.7. The lowest BCUT2D eigenvalue weighted by Crippen LogP contribution is -2.02. The Morgan fingerprint density at radius 3 is 1.74 bits per heavy atom. The summed E-state index contributed by atoms with van der Waals surface area (Å²) in [4.78, 5) is 0. The maximum Gasteiger partial charge on any atom is 0.137 e. The van der Waals surface area contributed by atoms with Gasteiger partial charge in [0.15, 0.2) is 0 Å². The Hall–Kier alpha value is -5.28. The van der Waals surface area contributed by atoms with Gasteiger partial charge in [-0.1, -0.05) is 97.1 Å². The lowest BCUT2D eigenvalue weighted by molar-refractivity contribution is 0.669. The Kier molecular flexibility index (Phi) is 4.67. The predicted octanol–water partition coefficient (Wildman–Crippen LogP) is 9.60. The molecule has 39 heavy (non-hydrogen) atoms. The van der Waals surface area contributed by atoms with Gasteiger partial charge in [0.25, 0.3) is 0 Å². The van der Waals surface area contributed by atoms with Crippen LogP contribution in [0.5, 0.6) is 0 Å². The van der Waals surface area contributed by atoms with Gasteiger partial charge in [0.05, 0.1) is 16.7 Å². The van der Waals surface area contributed by atoms with Crippen LogP contribution in [0, 0.1) is 0 Å². The van der Waals surface area contributed by atoms with Gasteiger partial charge in [0.1, 0.15) is 11.2 Å². The van der Waals surface area contributed by atoms with Gasteiger partial charge in [-0.15, -0.1) is 0 Å². The number of fused-ring (bicyclic) bond motifs is 6. The Morgan fingerprint density at radius 1 is 0.462 bits per heavy atom. The average Bonchev–Trinajstić information content (AvgIpc) is 3.51. The smallest absolute Gasteiger partial charge is 0.137 e. The summed E-state index contributed by atoms with van der Waals surface area (Å²) in [6.45, 7) is 0. The molecule has 0 bridgehead atoms. The molecule has 8 aromatic rings. The summed E-state index contributed by atoms with van der Waals surface area (Å²) in [5.41, 5.74) is 16.8. The van der Waals surface area contributed by atoms with Crippen molar-refractivity contribution in [2.24, 2.45) is 0 Å². The van der Waals surface area contributed by atoms with Gasteiger partial charge in [0.2, 0.25) is 0 Å². The van der Waals surface area contributed by atoms with Crippen LogP contribution < -0.4 is 5.73 Å². The van der Waals surface area contributed by atoms with Crippen molar-refractivity contribution in [3.8, 4) is 27.9 Å². The Balaban J connectivity index is 1.58. The van der Waals surface area contributed by atoms with Crippen LogP contribution in [0.1, 0.15) is 0 Å². The molecule has 0 aliphatic rings. The first-order valence-electron chi connectivity index (χ1n) is 13.2. The molecular formula is C36H24N2O. The number of para-hydroxylation sites is 2. The molecule has 2 aromatic heterocycles. The highest BCUT2D eigenvalue weighted by molar-refractivity contribution is 6.18. The molecule has 0 aliphatic heterocycles. The monoisotopic (exact) mass is 500 g/mol. The zero-order valence-corrected chi connectivity index (χ0v) is 21.1. The lowest BCUT2D eigenvalue weighted by atomic mass is 9.94. The largest absolute Gasteiger partial charge is 0.456 e. The molecule has 0 radical (unpaired) electrons. The summed E-state index contributed by atoms with van der Waals surface area (Å²) in [5, 5.41) is 4.66. The summed E-state index contributed by atoms with van der Waals surface area (Å²) in [6.07, 6.45) is 0. The van der Waals surface area contributed by atoms with Crippen LogP contribution in [-0.4, -0.2) is 4.57 Å². The molecule has 0 saturated heterocycles. The molecule has 3 nitrogen and oxygen atoms in total. The van der Waals surface area contributed by atoms with Crippen LogP contribution in [0.2, 0.25) is 0 Å². The molecule has 3 heteroatoms. The molecule has 8 rings (SSSR count). The Morgan fingerprint density at radius 2 is 1.05 bits per heavy atom. The van der Waals surface area contributed by atoms with Gasteiger partial charge in [0, 0.05) is 44.4 Å². The molecule has 0 amide bonds. The quantitative estimate of drug-likeness (QED) is 0.245. The van der Waals surface area contributed by atoms with Crippen molar-refractivity contribution in [3.05, 3.63) is 133 Å². The van der Waals surface area contributed by atoms with Crippen LogP contribution in [0.3, 0.4) is 0 Å². The van der Waals surface area contributed by atoms with Crippen molar-refractivity contribution in [2.45, 2.75) is 0 Å². The van der Waals surface area contributed by atoms with Crippen molar-refractivity contribution in [3.63, 3.8) is 0 Å². The first-order valence-corrected chi connectivity index (χ1v) is 13.2. The number of hydrogen-bond donors (Lipinski definition) is 1. The molecule has 6 aromatic carbocycles. The van der Waals surface area contributed by atoms with E-state index < -0.39 is 0 Å². The molecule has 2 heterocycles. The minimum absolute atomic E-state index is 0.733. The first kappa shape index (κ1) is 21.8. The number of benzene rings is 6. The van der Waals surface area contributed by atoms with E-state index in [2.05, 4.69) is 114 Å².